The van der Waals surface area contributed by atoms with Gasteiger partial charge in [0.25, 0.3) is 5.91 Å². The fraction of sp³-hybridized carbons (Fsp3) is 0.267. The Morgan fingerprint density at radius 2 is 1.86 bits per heavy atom. The Bertz CT molecular complexity index is 628. The fourth-order valence-corrected chi connectivity index (χ4v) is 1.62. The van der Waals surface area contributed by atoms with Crippen molar-refractivity contribution >= 4 is 11.7 Å². The summed E-state index contributed by atoms with van der Waals surface area (Å²) in [4.78, 5) is 19.4. The maximum absolute atomic E-state index is 12.8. The van der Waals surface area contributed by atoms with Gasteiger partial charge in [-0.1, -0.05) is 19.9 Å². The number of hydrogen-bond acceptors (Lipinski definition) is 3. The molecule has 0 radical (unpaired) electrons. The molecule has 22 heavy (non-hydrogen) atoms. The van der Waals surface area contributed by atoms with Crippen molar-refractivity contribution in [3.63, 3.8) is 0 Å². The number of halogens is 3. The van der Waals surface area contributed by atoms with Crippen LogP contribution in [0.25, 0.3) is 0 Å². The molecule has 2 rings (SSSR count). The molecule has 0 saturated heterocycles. The zero-order valence-electron chi connectivity index (χ0n) is 12.4. The zero-order chi connectivity index (χ0) is 16.8. The second-order valence-corrected chi connectivity index (χ2v) is 4.07. The van der Waals surface area contributed by atoms with Gasteiger partial charge in [-0.2, -0.15) is 13.2 Å². The third-order valence-electron chi connectivity index (χ3n) is 2.61. The van der Waals surface area contributed by atoms with Crippen molar-refractivity contribution in [2.45, 2.75) is 26.9 Å². The van der Waals surface area contributed by atoms with Gasteiger partial charge in [-0.25, -0.2) is 4.98 Å². The van der Waals surface area contributed by atoms with Gasteiger partial charge in [-0.3, -0.25) is 9.78 Å². The zero-order valence-corrected chi connectivity index (χ0v) is 12.4. The molecule has 0 aliphatic carbocycles. The van der Waals surface area contributed by atoms with E-state index in [2.05, 4.69) is 15.3 Å². The third-order valence-corrected chi connectivity index (χ3v) is 2.61. The molecule has 4 nitrogen and oxygen atoms in total. The number of anilines is 1. The molecule has 1 aromatic heterocycles. The van der Waals surface area contributed by atoms with Gasteiger partial charge in [-0.15, -0.1) is 0 Å². The second-order valence-electron chi connectivity index (χ2n) is 4.07. The average molecular weight is 311 g/mol. The van der Waals surface area contributed by atoms with Crippen LogP contribution in [0.4, 0.5) is 19.0 Å². The number of rotatable bonds is 2. The molecule has 0 fully saturated rings. The van der Waals surface area contributed by atoms with Crippen LogP contribution >= 0.6 is 0 Å². The number of aryl methyl sites for hydroxylation is 1. The number of nitrogens with zero attached hydrogens (tertiary/aromatic N) is 2. The lowest BCUT2D eigenvalue weighted by molar-refractivity contribution is -0.138. The van der Waals surface area contributed by atoms with Crippen molar-refractivity contribution in [1.29, 1.82) is 0 Å². The van der Waals surface area contributed by atoms with Gasteiger partial charge >= 0.3 is 6.18 Å². The van der Waals surface area contributed by atoms with Crippen LogP contribution in [0.3, 0.4) is 0 Å². The van der Waals surface area contributed by atoms with E-state index in [4.69, 9.17) is 0 Å². The minimum Gasteiger partial charge on any atom is -0.305 e. The Labute approximate surface area is 126 Å². The predicted molar refractivity (Wildman–Crippen MR) is 77.5 cm³/mol. The Kier molecular flexibility index (Phi) is 6.03. The van der Waals surface area contributed by atoms with Crippen molar-refractivity contribution in [3.05, 3.63) is 53.5 Å². The predicted octanol–water partition coefficient (Wildman–Crippen LogP) is 4.08. The summed E-state index contributed by atoms with van der Waals surface area (Å²) in [6.45, 7) is 5.34. The number of amides is 1. The number of carbonyl (C=O) groups excluding carboxylic acids is 1. The Morgan fingerprint density at radius 1 is 1.18 bits per heavy atom. The first-order valence-corrected chi connectivity index (χ1v) is 6.63. The molecule has 0 aliphatic heterocycles. The largest absolute Gasteiger partial charge is 0.416 e. The van der Waals surface area contributed by atoms with Crippen LogP contribution < -0.4 is 5.32 Å². The smallest absolute Gasteiger partial charge is 0.305 e. The number of hydrogen-bond donors (Lipinski definition) is 1. The highest BCUT2D eigenvalue weighted by atomic mass is 19.4. The van der Waals surface area contributed by atoms with E-state index in [-0.39, 0.29) is 16.9 Å². The first-order chi connectivity index (χ1) is 10.4. The molecular formula is C15H16F3N3O. The van der Waals surface area contributed by atoms with Crippen molar-refractivity contribution in [3.8, 4) is 0 Å². The molecule has 1 N–H and O–H groups in total. The van der Waals surface area contributed by atoms with E-state index in [1.54, 1.807) is 0 Å². The topological polar surface area (TPSA) is 54.9 Å². The van der Waals surface area contributed by atoms with Crippen molar-refractivity contribution in [1.82, 2.24) is 9.97 Å². The molecule has 0 bridgehead atoms. The van der Waals surface area contributed by atoms with E-state index in [9.17, 15) is 18.0 Å². The summed E-state index contributed by atoms with van der Waals surface area (Å²) < 4.78 is 38.3. The van der Waals surface area contributed by atoms with Gasteiger partial charge < -0.3 is 5.32 Å². The molecule has 0 saturated carbocycles. The lowest BCUT2D eigenvalue weighted by Crippen LogP contribution is -2.15. The van der Waals surface area contributed by atoms with Gasteiger partial charge in [0.05, 0.1) is 11.8 Å². The molecule has 1 amide bonds. The normalized spacial score (nSPS) is 10.5. The molecule has 1 heterocycles. The first kappa shape index (κ1) is 17.6. The van der Waals surface area contributed by atoms with Crippen molar-refractivity contribution < 1.29 is 18.0 Å². The Hall–Kier alpha value is -2.44. The van der Waals surface area contributed by atoms with Gasteiger partial charge in [0.15, 0.2) is 5.82 Å². The Morgan fingerprint density at radius 3 is 2.41 bits per heavy atom. The molecule has 1 aromatic carbocycles. The lowest BCUT2D eigenvalue weighted by atomic mass is 10.0. The van der Waals surface area contributed by atoms with E-state index >= 15 is 0 Å². The molecular weight excluding hydrogens is 295 g/mol. The molecule has 118 valence electrons. The molecule has 0 aliphatic rings. The van der Waals surface area contributed by atoms with Crippen molar-refractivity contribution in [2.75, 3.05) is 5.32 Å². The summed E-state index contributed by atoms with van der Waals surface area (Å²) in [5.41, 5.74) is -0.855. The third kappa shape index (κ3) is 4.54. The van der Waals surface area contributed by atoms with E-state index in [1.807, 2.05) is 13.8 Å². The van der Waals surface area contributed by atoms with Crippen LogP contribution in [0.1, 0.15) is 35.3 Å². The highest BCUT2D eigenvalue weighted by Gasteiger charge is 2.32. The van der Waals surface area contributed by atoms with Crippen LogP contribution in [0.2, 0.25) is 0 Å². The molecule has 7 heteroatoms. The van der Waals surface area contributed by atoms with E-state index in [0.29, 0.717) is 0 Å². The summed E-state index contributed by atoms with van der Waals surface area (Å²) in [5, 5.41) is 2.38. The number of aromatic nitrogens is 2. The average Bonchev–Trinajstić information content (AvgIpc) is 2.49. The second kappa shape index (κ2) is 7.53. The number of benzene rings is 1. The van der Waals surface area contributed by atoms with E-state index in [0.717, 1.165) is 6.07 Å². The highest BCUT2D eigenvalue weighted by Crippen LogP contribution is 2.32. The standard InChI is InChI=1S/C13H10F3N3O.C2H6/c1-8-2-3-9(6-10(8)13(14,15)16)12(20)19-11-7-17-4-5-18-11;1-2/h2-7H,1H3,(H,18,19,20);1-2H3. The lowest BCUT2D eigenvalue weighted by Gasteiger charge is -2.11. The Balaban J connectivity index is 0.00000116. The van der Waals surface area contributed by atoms with Crippen LogP contribution in [0.15, 0.2) is 36.8 Å². The quantitative estimate of drug-likeness (QED) is 0.909. The van der Waals surface area contributed by atoms with E-state index in [1.165, 1.54) is 37.6 Å². The van der Waals surface area contributed by atoms with Crippen LogP contribution in [-0.4, -0.2) is 15.9 Å². The van der Waals surface area contributed by atoms with Gasteiger partial charge in [0.2, 0.25) is 0 Å². The van der Waals surface area contributed by atoms with Crippen LogP contribution in [0.5, 0.6) is 0 Å². The molecule has 2 aromatic rings. The van der Waals surface area contributed by atoms with Crippen LogP contribution in [0, 0.1) is 6.92 Å². The highest BCUT2D eigenvalue weighted by molar-refractivity contribution is 6.03. The number of nitrogens with one attached hydrogen (secondary N) is 1. The summed E-state index contributed by atoms with van der Waals surface area (Å²) in [5.74, 6) is -0.498. The maximum atomic E-state index is 12.8. The van der Waals surface area contributed by atoms with E-state index < -0.39 is 17.6 Å². The van der Waals surface area contributed by atoms with Crippen molar-refractivity contribution in [2.24, 2.45) is 0 Å². The minimum absolute atomic E-state index is 0.0635. The summed E-state index contributed by atoms with van der Waals surface area (Å²) >= 11 is 0. The maximum Gasteiger partial charge on any atom is 0.416 e. The van der Waals surface area contributed by atoms with Gasteiger partial charge in [0, 0.05) is 18.0 Å². The summed E-state index contributed by atoms with van der Waals surface area (Å²) in [6.07, 6.45) is -0.404. The fourth-order valence-electron chi connectivity index (χ4n) is 1.62. The molecule has 0 atom stereocenters. The molecule has 0 unspecified atom stereocenters. The summed E-state index contributed by atoms with van der Waals surface area (Å²) in [6, 6.07) is 3.41. The SMILES string of the molecule is CC.Cc1ccc(C(=O)Nc2cnccn2)cc1C(F)(F)F. The van der Waals surface area contributed by atoms with Crippen LogP contribution in [-0.2, 0) is 6.18 Å². The summed E-state index contributed by atoms with van der Waals surface area (Å²) in [7, 11) is 0. The molecule has 0 spiro atoms. The number of carbonyl (C=O) groups is 1. The van der Waals surface area contributed by atoms with Gasteiger partial charge in [-0.05, 0) is 24.6 Å². The van der Waals surface area contributed by atoms with Gasteiger partial charge in [0.1, 0.15) is 0 Å². The monoisotopic (exact) mass is 311 g/mol. The number of alkyl halides is 3. The minimum atomic E-state index is -4.49. The first-order valence-electron chi connectivity index (χ1n) is 6.63.